The zero-order valence-corrected chi connectivity index (χ0v) is 18.9. The largest absolute Gasteiger partial charge is 0.510 e. The van der Waals surface area contributed by atoms with Gasteiger partial charge in [-0.05, 0) is 41.7 Å². The lowest BCUT2D eigenvalue weighted by atomic mass is 9.84. The highest BCUT2D eigenvalue weighted by Crippen LogP contribution is 2.40. The molecule has 1 aliphatic heterocycles. The first kappa shape index (κ1) is 22.6. The summed E-state index contributed by atoms with van der Waals surface area (Å²) in [5.74, 6) is -1.66. The molecular weight excluding hydrogens is 421 g/mol. The molecule has 0 bridgehead atoms. The van der Waals surface area contributed by atoms with Crippen LogP contribution in [0.2, 0.25) is 0 Å². The lowest BCUT2D eigenvalue weighted by Gasteiger charge is -2.20. The van der Waals surface area contributed by atoms with Gasteiger partial charge in [0.2, 0.25) is 5.91 Å². The van der Waals surface area contributed by atoms with Crippen LogP contribution in [0.5, 0.6) is 0 Å². The van der Waals surface area contributed by atoms with E-state index in [1.807, 2.05) is 38.1 Å². The Bertz CT molecular complexity index is 1240. The number of aliphatic hydroxyl groups excluding tert-OH is 1. The topological polar surface area (TPSA) is 94.2 Å². The van der Waals surface area contributed by atoms with Gasteiger partial charge in [-0.2, -0.15) is 0 Å². The molecule has 4 N–H and O–H groups in total. The van der Waals surface area contributed by atoms with Gasteiger partial charge in [0.15, 0.2) is 0 Å². The molecule has 1 aromatic heterocycles. The zero-order valence-electron chi connectivity index (χ0n) is 18.9. The van der Waals surface area contributed by atoms with Gasteiger partial charge in [-0.15, -0.1) is 0 Å². The van der Waals surface area contributed by atoms with E-state index in [2.05, 4.69) is 15.6 Å². The molecule has 0 saturated heterocycles. The van der Waals surface area contributed by atoms with Crippen molar-refractivity contribution in [3.8, 4) is 0 Å². The number of carbonyl (C=O) groups is 2. The third-order valence-electron chi connectivity index (χ3n) is 6.12. The van der Waals surface area contributed by atoms with Crippen molar-refractivity contribution in [2.75, 3.05) is 6.54 Å². The highest BCUT2D eigenvalue weighted by atomic mass is 19.1. The van der Waals surface area contributed by atoms with Crippen LogP contribution < -0.4 is 10.6 Å². The Balaban J connectivity index is 1.94. The average Bonchev–Trinajstić information content (AvgIpc) is 3.27. The summed E-state index contributed by atoms with van der Waals surface area (Å²) in [6.45, 7) is 5.71. The zero-order chi connectivity index (χ0) is 23.7. The van der Waals surface area contributed by atoms with Crippen LogP contribution in [0.1, 0.15) is 43.5 Å². The molecule has 4 rings (SSSR count). The van der Waals surface area contributed by atoms with E-state index in [-0.39, 0.29) is 29.1 Å². The number of aromatic nitrogens is 1. The van der Waals surface area contributed by atoms with Crippen molar-refractivity contribution in [3.63, 3.8) is 0 Å². The van der Waals surface area contributed by atoms with Crippen LogP contribution in [-0.2, 0) is 16.0 Å². The lowest BCUT2D eigenvalue weighted by molar-refractivity contribution is -0.119. The maximum absolute atomic E-state index is 14.3. The monoisotopic (exact) mass is 449 g/mol. The Labute approximate surface area is 191 Å². The first-order valence-electron chi connectivity index (χ1n) is 11.1. The highest BCUT2D eigenvalue weighted by Gasteiger charge is 2.40. The van der Waals surface area contributed by atoms with Gasteiger partial charge in [-0.1, -0.05) is 44.2 Å². The van der Waals surface area contributed by atoms with E-state index in [9.17, 15) is 19.1 Å². The van der Waals surface area contributed by atoms with E-state index >= 15 is 0 Å². The number of benzene rings is 2. The van der Waals surface area contributed by atoms with Gasteiger partial charge < -0.3 is 20.7 Å². The number of aromatic amines is 1. The minimum atomic E-state index is -0.704. The smallest absolute Gasteiger partial charge is 0.252 e. The molecule has 0 aliphatic carbocycles. The van der Waals surface area contributed by atoms with Crippen LogP contribution in [0.25, 0.3) is 10.9 Å². The fourth-order valence-corrected chi connectivity index (χ4v) is 4.60. The summed E-state index contributed by atoms with van der Waals surface area (Å²) in [6.07, 6.45) is 0.508. The molecule has 2 amide bonds. The second kappa shape index (κ2) is 9.10. The van der Waals surface area contributed by atoms with Crippen molar-refractivity contribution < 1.29 is 19.1 Å². The minimum Gasteiger partial charge on any atom is -0.510 e. The fourth-order valence-electron chi connectivity index (χ4n) is 4.60. The number of H-pyrrole nitrogens is 1. The first-order chi connectivity index (χ1) is 15.8. The Hall–Kier alpha value is -3.61. The van der Waals surface area contributed by atoms with E-state index < -0.39 is 17.8 Å². The number of carbonyl (C=O) groups excluding carboxylic acids is 2. The number of nitrogens with one attached hydrogen (secondary N) is 3. The number of fused-ring (bicyclic) bond motifs is 1. The predicted molar refractivity (Wildman–Crippen MR) is 125 cm³/mol. The quantitative estimate of drug-likeness (QED) is 0.438. The first-order valence-corrected chi connectivity index (χ1v) is 11.1. The molecule has 0 fully saturated rings. The molecule has 1 aliphatic rings. The molecule has 2 heterocycles. The lowest BCUT2D eigenvalue weighted by Crippen LogP contribution is -2.33. The maximum atomic E-state index is 14.3. The van der Waals surface area contributed by atoms with E-state index in [0.29, 0.717) is 24.2 Å². The third-order valence-corrected chi connectivity index (χ3v) is 6.12. The second-order valence-electron chi connectivity index (χ2n) is 8.78. The number of amides is 2. The van der Waals surface area contributed by atoms with Crippen molar-refractivity contribution >= 4 is 22.7 Å². The van der Waals surface area contributed by atoms with Crippen molar-refractivity contribution in [1.82, 2.24) is 15.6 Å². The van der Waals surface area contributed by atoms with Gasteiger partial charge in [0, 0.05) is 30.1 Å². The second-order valence-corrected chi connectivity index (χ2v) is 8.78. The van der Waals surface area contributed by atoms with Gasteiger partial charge in [0.25, 0.3) is 5.91 Å². The summed E-state index contributed by atoms with van der Waals surface area (Å²) < 4.78 is 14.3. The normalized spacial score (nSPS) is 17.0. The number of halogens is 1. The summed E-state index contributed by atoms with van der Waals surface area (Å²) in [4.78, 5) is 28.0. The van der Waals surface area contributed by atoms with Crippen molar-refractivity contribution in [2.24, 2.45) is 5.92 Å². The molecule has 2 unspecified atom stereocenters. The Kier molecular flexibility index (Phi) is 6.22. The van der Waals surface area contributed by atoms with Crippen LogP contribution in [0, 0.1) is 11.7 Å². The Morgan fingerprint density at radius 2 is 1.94 bits per heavy atom. The molecule has 0 saturated carbocycles. The number of para-hydroxylation sites is 1. The molecule has 0 radical (unpaired) electrons. The van der Waals surface area contributed by atoms with Crippen LogP contribution in [-0.4, -0.2) is 34.5 Å². The summed E-state index contributed by atoms with van der Waals surface area (Å²) >= 11 is 0. The van der Waals surface area contributed by atoms with E-state index in [1.54, 1.807) is 12.1 Å². The summed E-state index contributed by atoms with van der Waals surface area (Å²) in [7, 11) is 0. The predicted octanol–water partition coefficient (Wildman–Crippen LogP) is 4.08. The summed E-state index contributed by atoms with van der Waals surface area (Å²) in [6, 6.07) is 13.3. The molecule has 33 heavy (non-hydrogen) atoms. The van der Waals surface area contributed by atoms with Gasteiger partial charge in [-0.25, -0.2) is 4.39 Å². The van der Waals surface area contributed by atoms with Crippen molar-refractivity contribution in [3.05, 3.63) is 82.5 Å². The maximum Gasteiger partial charge on any atom is 0.252 e. The highest BCUT2D eigenvalue weighted by molar-refractivity contribution is 6.00. The van der Waals surface area contributed by atoms with Crippen LogP contribution >= 0.6 is 0 Å². The van der Waals surface area contributed by atoms with Gasteiger partial charge >= 0.3 is 0 Å². The number of aliphatic hydroxyl groups is 1. The molecule has 2 aromatic carbocycles. The van der Waals surface area contributed by atoms with E-state index in [1.165, 1.54) is 19.1 Å². The average molecular weight is 450 g/mol. The molecule has 6 nitrogen and oxygen atoms in total. The molecule has 2 atom stereocenters. The molecular formula is C26H28FN3O3. The molecule has 0 spiro atoms. The van der Waals surface area contributed by atoms with Gasteiger partial charge in [0.1, 0.15) is 11.6 Å². The number of hydrogen-bond acceptors (Lipinski definition) is 3. The minimum absolute atomic E-state index is 0.0124. The fraction of sp³-hybridized carbons (Fsp3) is 0.308. The Morgan fingerprint density at radius 1 is 1.18 bits per heavy atom. The van der Waals surface area contributed by atoms with Crippen molar-refractivity contribution in [2.45, 2.75) is 39.2 Å². The third kappa shape index (κ3) is 4.35. The van der Waals surface area contributed by atoms with Crippen LogP contribution in [0.15, 0.2) is 59.9 Å². The number of hydrogen-bond donors (Lipinski definition) is 4. The molecule has 172 valence electrons. The van der Waals surface area contributed by atoms with Crippen LogP contribution in [0.3, 0.4) is 0 Å². The SMILES string of the molecule is CC(=O)NCCc1c(C(C2=C(O)C(C(C)C)NC2=O)c2cccc(F)c2)[nH]c2ccccc12. The van der Waals surface area contributed by atoms with E-state index in [0.717, 1.165) is 16.5 Å². The standard InChI is InChI=1S/C26H28FN3O3/c1-14(2)23-25(32)22(26(33)30-23)21(16-7-6-8-17(27)13-16)24-19(11-12-28-15(3)31)18-9-4-5-10-20(18)29-24/h4-10,13-14,21,23,29,32H,11-12H2,1-3H3,(H,28,31)(H,30,33). The van der Waals surface area contributed by atoms with E-state index in [4.69, 9.17) is 0 Å². The van der Waals surface area contributed by atoms with Crippen LogP contribution in [0.4, 0.5) is 4.39 Å². The van der Waals surface area contributed by atoms with Gasteiger partial charge in [-0.3, -0.25) is 9.59 Å². The Morgan fingerprint density at radius 3 is 2.61 bits per heavy atom. The molecule has 3 aromatic rings. The van der Waals surface area contributed by atoms with Gasteiger partial charge in [0.05, 0.1) is 17.5 Å². The van der Waals surface area contributed by atoms with Crippen molar-refractivity contribution in [1.29, 1.82) is 0 Å². The summed E-state index contributed by atoms with van der Waals surface area (Å²) in [5, 5.41) is 17.7. The molecule has 7 heteroatoms. The number of rotatable bonds is 7. The summed E-state index contributed by atoms with van der Waals surface area (Å²) in [5.41, 5.74) is 3.25.